The minimum Gasteiger partial charge on any atom is -0.481 e. The number of rotatable bonds is 6. The number of amides is 3. The molecule has 7 heteroatoms. The van der Waals surface area contributed by atoms with Crippen molar-refractivity contribution in [3.05, 3.63) is 0 Å². The molecule has 7 nitrogen and oxygen atoms in total. The lowest BCUT2D eigenvalue weighted by Crippen LogP contribution is -2.50. The van der Waals surface area contributed by atoms with E-state index in [9.17, 15) is 14.4 Å². The summed E-state index contributed by atoms with van der Waals surface area (Å²) in [6.07, 6.45) is 1.73. The summed E-state index contributed by atoms with van der Waals surface area (Å²) in [5.74, 6) is -1.00. The molecule has 2 N–H and O–H groups in total. The second-order valence-electron chi connectivity index (χ2n) is 5.30. The predicted octanol–water partition coefficient (Wildman–Crippen LogP) is 0.751. The quantitative estimate of drug-likeness (QED) is 0.757. The van der Waals surface area contributed by atoms with Crippen molar-refractivity contribution in [2.24, 2.45) is 5.92 Å². The van der Waals surface area contributed by atoms with E-state index in [-0.39, 0.29) is 30.8 Å². The van der Waals surface area contributed by atoms with Gasteiger partial charge in [-0.25, -0.2) is 4.79 Å². The Morgan fingerprint density at radius 3 is 2.62 bits per heavy atom. The summed E-state index contributed by atoms with van der Waals surface area (Å²) in [6, 6.07) is -0.182. The smallest absolute Gasteiger partial charge is 0.320 e. The molecule has 1 aliphatic heterocycles. The monoisotopic (exact) mass is 299 g/mol. The maximum absolute atomic E-state index is 12.4. The molecular formula is C14H25N3O4. The molecule has 3 amide bonds. The molecule has 0 saturated carbocycles. The summed E-state index contributed by atoms with van der Waals surface area (Å²) < 4.78 is 0. The van der Waals surface area contributed by atoms with Crippen LogP contribution in [0.15, 0.2) is 0 Å². The number of likely N-dealkylation sites (N-methyl/N-ethyl adjacent to an activating group) is 2. The normalized spacial score (nSPS) is 18.2. The second kappa shape index (κ2) is 8.49. The van der Waals surface area contributed by atoms with Crippen LogP contribution in [0.25, 0.3) is 0 Å². The standard InChI is InChI=1S/C14H25N3O4/c1-3-15-12(18)10-16(4-2)14(21)17-7-5-6-11(9-17)8-13(19)20/h11H,3-10H2,1-2H3,(H,15,18)(H,19,20). The molecular weight excluding hydrogens is 274 g/mol. The molecule has 1 heterocycles. The SMILES string of the molecule is CCNC(=O)CN(CC)C(=O)N1CCCC(CC(=O)O)C1. The summed E-state index contributed by atoms with van der Waals surface area (Å²) >= 11 is 0. The fourth-order valence-electron chi connectivity index (χ4n) is 2.59. The first-order valence-electron chi connectivity index (χ1n) is 7.50. The van der Waals surface area contributed by atoms with Gasteiger partial charge in [0.2, 0.25) is 5.91 Å². The van der Waals surface area contributed by atoms with E-state index in [1.165, 1.54) is 4.90 Å². The Bertz CT molecular complexity index is 386. The Hall–Kier alpha value is -1.79. The van der Waals surface area contributed by atoms with E-state index in [0.717, 1.165) is 12.8 Å². The van der Waals surface area contributed by atoms with Crippen LogP contribution in [-0.4, -0.2) is 65.5 Å². The number of carbonyl (C=O) groups excluding carboxylic acids is 2. The number of piperidine rings is 1. The Morgan fingerprint density at radius 2 is 2.05 bits per heavy atom. The minimum absolute atomic E-state index is 0.00312. The Morgan fingerprint density at radius 1 is 1.33 bits per heavy atom. The molecule has 1 unspecified atom stereocenters. The lowest BCUT2D eigenvalue weighted by atomic mass is 9.95. The molecule has 0 spiro atoms. The van der Waals surface area contributed by atoms with Gasteiger partial charge < -0.3 is 20.2 Å². The van der Waals surface area contributed by atoms with Gasteiger partial charge in [0.25, 0.3) is 0 Å². The van der Waals surface area contributed by atoms with E-state index in [2.05, 4.69) is 5.32 Å². The van der Waals surface area contributed by atoms with Gasteiger partial charge in [-0.3, -0.25) is 9.59 Å². The number of aliphatic carboxylic acids is 1. The van der Waals surface area contributed by atoms with Crippen LogP contribution < -0.4 is 5.32 Å². The molecule has 0 bridgehead atoms. The van der Waals surface area contributed by atoms with Gasteiger partial charge in [-0.05, 0) is 32.6 Å². The van der Waals surface area contributed by atoms with Crippen LogP contribution in [0.3, 0.4) is 0 Å². The molecule has 1 aliphatic rings. The highest BCUT2D eigenvalue weighted by Crippen LogP contribution is 2.20. The number of likely N-dealkylation sites (tertiary alicyclic amines) is 1. The van der Waals surface area contributed by atoms with Crippen LogP contribution in [0, 0.1) is 5.92 Å². The van der Waals surface area contributed by atoms with Crippen molar-refractivity contribution in [2.75, 3.05) is 32.7 Å². The molecule has 1 saturated heterocycles. The molecule has 0 radical (unpaired) electrons. The van der Waals surface area contributed by atoms with Gasteiger partial charge in [-0.2, -0.15) is 0 Å². The van der Waals surface area contributed by atoms with Crippen LogP contribution in [-0.2, 0) is 9.59 Å². The third-order valence-electron chi connectivity index (χ3n) is 3.61. The van der Waals surface area contributed by atoms with Crippen LogP contribution in [0.1, 0.15) is 33.1 Å². The highest BCUT2D eigenvalue weighted by molar-refractivity contribution is 5.84. The lowest BCUT2D eigenvalue weighted by Gasteiger charge is -2.35. The van der Waals surface area contributed by atoms with E-state index in [4.69, 9.17) is 5.11 Å². The van der Waals surface area contributed by atoms with Crippen molar-refractivity contribution in [3.63, 3.8) is 0 Å². The highest BCUT2D eigenvalue weighted by Gasteiger charge is 2.28. The number of carboxylic acids is 1. The summed E-state index contributed by atoms with van der Waals surface area (Å²) in [7, 11) is 0. The first-order valence-corrected chi connectivity index (χ1v) is 7.50. The minimum atomic E-state index is -0.830. The molecule has 0 aromatic heterocycles. The van der Waals surface area contributed by atoms with Gasteiger partial charge >= 0.3 is 12.0 Å². The van der Waals surface area contributed by atoms with E-state index in [1.807, 2.05) is 13.8 Å². The van der Waals surface area contributed by atoms with Gasteiger partial charge in [0.1, 0.15) is 6.54 Å². The van der Waals surface area contributed by atoms with E-state index in [0.29, 0.717) is 26.2 Å². The molecule has 1 fully saturated rings. The predicted molar refractivity (Wildman–Crippen MR) is 77.9 cm³/mol. The van der Waals surface area contributed by atoms with Gasteiger partial charge in [-0.15, -0.1) is 0 Å². The molecule has 0 aliphatic carbocycles. The topological polar surface area (TPSA) is 90.0 Å². The van der Waals surface area contributed by atoms with Crippen molar-refractivity contribution in [1.29, 1.82) is 0 Å². The van der Waals surface area contributed by atoms with Crippen LogP contribution in [0.2, 0.25) is 0 Å². The van der Waals surface area contributed by atoms with Crippen molar-refractivity contribution in [1.82, 2.24) is 15.1 Å². The maximum Gasteiger partial charge on any atom is 0.320 e. The van der Waals surface area contributed by atoms with Gasteiger partial charge in [0.15, 0.2) is 0 Å². The summed E-state index contributed by atoms with van der Waals surface area (Å²) in [5.41, 5.74) is 0. The van der Waals surface area contributed by atoms with Crippen molar-refractivity contribution < 1.29 is 19.5 Å². The fraction of sp³-hybridized carbons (Fsp3) is 0.786. The van der Waals surface area contributed by atoms with Crippen LogP contribution in [0.5, 0.6) is 0 Å². The van der Waals surface area contributed by atoms with E-state index >= 15 is 0 Å². The largest absolute Gasteiger partial charge is 0.481 e. The molecule has 0 aromatic rings. The zero-order valence-corrected chi connectivity index (χ0v) is 12.8. The third kappa shape index (κ3) is 5.61. The lowest BCUT2D eigenvalue weighted by molar-refractivity contribution is -0.138. The van der Waals surface area contributed by atoms with Crippen LogP contribution >= 0.6 is 0 Å². The van der Waals surface area contributed by atoms with Crippen molar-refractivity contribution in [3.8, 4) is 0 Å². The highest BCUT2D eigenvalue weighted by atomic mass is 16.4. The van der Waals surface area contributed by atoms with Gasteiger partial charge in [0, 0.05) is 32.6 Å². The van der Waals surface area contributed by atoms with Gasteiger partial charge in [0.05, 0.1) is 0 Å². The number of urea groups is 1. The zero-order valence-electron chi connectivity index (χ0n) is 12.8. The summed E-state index contributed by atoms with van der Waals surface area (Å²) in [6.45, 7) is 5.78. The number of carboxylic acid groups (broad SMARTS) is 1. The van der Waals surface area contributed by atoms with Gasteiger partial charge in [-0.1, -0.05) is 0 Å². The van der Waals surface area contributed by atoms with E-state index in [1.54, 1.807) is 4.90 Å². The first kappa shape index (κ1) is 17.3. The number of nitrogens with one attached hydrogen (secondary N) is 1. The van der Waals surface area contributed by atoms with Crippen molar-refractivity contribution >= 4 is 17.9 Å². The number of hydrogen-bond donors (Lipinski definition) is 2. The first-order chi connectivity index (χ1) is 9.97. The second-order valence-corrected chi connectivity index (χ2v) is 5.30. The molecule has 120 valence electrons. The summed E-state index contributed by atoms with van der Waals surface area (Å²) in [5, 5.41) is 11.5. The average Bonchev–Trinajstić information content (AvgIpc) is 2.44. The molecule has 1 rings (SSSR count). The Balaban J connectivity index is 2.58. The number of hydrogen-bond acceptors (Lipinski definition) is 3. The Kier molecular flexibility index (Phi) is 6.98. The molecule has 0 aromatic carbocycles. The summed E-state index contributed by atoms with van der Waals surface area (Å²) in [4.78, 5) is 38.0. The average molecular weight is 299 g/mol. The molecule has 21 heavy (non-hydrogen) atoms. The fourth-order valence-corrected chi connectivity index (χ4v) is 2.59. The van der Waals surface area contributed by atoms with Crippen molar-refractivity contribution in [2.45, 2.75) is 33.1 Å². The zero-order chi connectivity index (χ0) is 15.8. The third-order valence-corrected chi connectivity index (χ3v) is 3.61. The van der Waals surface area contributed by atoms with E-state index < -0.39 is 5.97 Å². The molecule has 1 atom stereocenters. The Labute approximate surface area is 125 Å². The van der Waals surface area contributed by atoms with Crippen LogP contribution in [0.4, 0.5) is 4.79 Å². The number of carbonyl (C=O) groups is 3. The number of nitrogens with zero attached hydrogens (tertiary/aromatic N) is 2. The maximum atomic E-state index is 12.4.